The van der Waals surface area contributed by atoms with E-state index in [2.05, 4.69) is 10.4 Å². The molecule has 0 fully saturated rings. The van der Waals surface area contributed by atoms with E-state index in [-0.39, 0.29) is 18.3 Å². The molecule has 0 aliphatic rings. The summed E-state index contributed by atoms with van der Waals surface area (Å²) in [5, 5.41) is 6.59. The number of nitrogens with zero attached hydrogens (tertiary/aromatic N) is 3. The number of halogens is 1. The summed E-state index contributed by atoms with van der Waals surface area (Å²) >= 11 is 0. The van der Waals surface area contributed by atoms with E-state index in [4.69, 9.17) is 0 Å². The lowest BCUT2D eigenvalue weighted by Crippen LogP contribution is -2.46. The Labute approximate surface area is 172 Å². The predicted molar refractivity (Wildman–Crippen MR) is 112 cm³/mol. The highest BCUT2D eigenvalue weighted by Gasteiger charge is 2.21. The topological polar surface area (TPSA) is 86.0 Å². The number of amides is 1. The van der Waals surface area contributed by atoms with E-state index in [1.165, 1.54) is 12.1 Å². The van der Waals surface area contributed by atoms with Gasteiger partial charge in [0.2, 0.25) is 5.69 Å². The molecule has 3 aromatic rings. The number of carbonyl (C=O) groups excluding carboxylic acids is 1. The van der Waals surface area contributed by atoms with Crippen LogP contribution in [0.5, 0.6) is 0 Å². The summed E-state index contributed by atoms with van der Waals surface area (Å²) in [5.41, 5.74) is 0.217. The van der Waals surface area contributed by atoms with E-state index in [0.29, 0.717) is 5.56 Å². The van der Waals surface area contributed by atoms with E-state index >= 15 is 0 Å². The van der Waals surface area contributed by atoms with Crippen molar-refractivity contribution < 1.29 is 9.18 Å². The molecular formula is C22H23FN4O3. The maximum Gasteiger partial charge on any atom is 0.352 e. The minimum Gasteiger partial charge on any atom is -0.348 e. The quantitative estimate of drug-likeness (QED) is 0.700. The van der Waals surface area contributed by atoms with Crippen LogP contribution in [0.4, 0.5) is 4.39 Å². The number of hydrogen-bond donors (Lipinski definition) is 1. The van der Waals surface area contributed by atoms with Crippen molar-refractivity contribution in [2.45, 2.75) is 40.3 Å². The molecule has 0 radical (unpaired) electrons. The molecule has 156 valence electrons. The van der Waals surface area contributed by atoms with Crippen LogP contribution in [0.2, 0.25) is 0 Å². The standard InChI is InChI=1S/C22H23FN4O3/c1-13(2)24-20(28)19-21(29)26(12-16-7-5-6-14(3)10-16)22(30)27(25-19)17-9-8-15(4)18(23)11-17/h5-11,13H,12H2,1-4H3,(H,24,28). The Morgan fingerprint density at radius 2 is 1.87 bits per heavy atom. The summed E-state index contributed by atoms with van der Waals surface area (Å²) in [7, 11) is 0. The van der Waals surface area contributed by atoms with Gasteiger partial charge in [0.15, 0.2) is 0 Å². The molecule has 1 heterocycles. The second-order valence-electron chi connectivity index (χ2n) is 7.48. The van der Waals surface area contributed by atoms with Crippen molar-refractivity contribution in [3.05, 3.63) is 91.5 Å². The summed E-state index contributed by atoms with van der Waals surface area (Å²) in [6.45, 7) is 6.93. The van der Waals surface area contributed by atoms with Crippen LogP contribution in [-0.2, 0) is 6.54 Å². The smallest absolute Gasteiger partial charge is 0.348 e. The van der Waals surface area contributed by atoms with Gasteiger partial charge in [0.05, 0.1) is 12.2 Å². The largest absolute Gasteiger partial charge is 0.352 e. The lowest BCUT2D eigenvalue weighted by atomic mass is 10.1. The molecule has 0 saturated carbocycles. The fraction of sp³-hybridized carbons (Fsp3) is 0.273. The predicted octanol–water partition coefficient (Wildman–Crippen LogP) is 2.34. The summed E-state index contributed by atoms with van der Waals surface area (Å²) in [6, 6.07) is 11.3. The number of benzene rings is 2. The first-order chi connectivity index (χ1) is 14.2. The zero-order valence-electron chi connectivity index (χ0n) is 17.3. The van der Waals surface area contributed by atoms with E-state index < -0.39 is 28.7 Å². The first-order valence-corrected chi connectivity index (χ1v) is 9.54. The Morgan fingerprint density at radius 1 is 1.13 bits per heavy atom. The molecule has 0 bridgehead atoms. The van der Waals surface area contributed by atoms with Crippen LogP contribution in [0.3, 0.4) is 0 Å². The Kier molecular flexibility index (Phi) is 5.96. The van der Waals surface area contributed by atoms with Gasteiger partial charge in [-0.05, 0) is 44.9 Å². The molecular weight excluding hydrogens is 387 g/mol. The van der Waals surface area contributed by atoms with E-state index in [0.717, 1.165) is 26.4 Å². The number of aromatic nitrogens is 3. The maximum absolute atomic E-state index is 14.1. The zero-order valence-corrected chi connectivity index (χ0v) is 17.3. The van der Waals surface area contributed by atoms with E-state index in [1.807, 2.05) is 25.1 Å². The summed E-state index contributed by atoms with van der Waals surface area (Å²) in [4.78, 5) is 38.6. The van der Waals surface area contributed by atoms with Crippen LogP contribution >= 0.6 is 0 Å². The minimum absolute atomic E-state index is 0.0435. The average molecular weight is 410 g/mol. The van der Waals surface area contributed by atoms with Crippen molar-refractivity contribution in [3.8, 4) is 5.69 Å². The number of rotatable bonds is 5. The third kappa shape index (κ3) is 4.37. The Bertz CT molecular complexity index is 1230. The summed E-state index contributed by atoms with van der Waals surface area (Å²) in [5.74, 6) is -1.22. The fourth-order valence-electron chi connectivity index (χ4n) is 3.00. The maximum atomic E-state index is 14.1. The first kappa shape index (κ1) is 21.2. The summed E-state index contributed by atoms with van der Waals surface area (Å²) in [6.07, 6.45) is 0. The summed E-state index contributed by atoms with van der Waals surface area (Å²) < 4.78 is 15.9. The van der Waals surface area contributed by atoms with Crippen molar-refractivity contribution in [3.63, 3.8) is 0 Å². The number of aryl methyl sites for hydroxylation is 2. The normalized spacial score (nSPS) is 11.0. The minimum atomic E-state index is -0.802. The SMILES string of the molecule is Cc1cccc(Cn2c(=O)c(C(=O)NC(C)C)nn(-c3ccc(C)c(F)c3)c2=O)c1. The average Bonchev–Trinajstić information content (AvgIpc) is 2.67. The van der Waals surface area contributed by atoms with Gasteiger partial charge in [0, 0.05) is 12.1 Å². The van der Waals surface area contributed by atoms with Gasteiger partial charge in [-0.3, -0.25) is 14.2 Å². The molecule has 0 saturated heterocycles. The number of carbonyl (C=O) groups is 1. The molecule has 0 unspecified atom stereocenters. The van der Waals surface area contributed by atoms with Gasteiger partial charge < -0.3 is 5.32 Å². The molecule has 0 spiro atoms. The van der Waals surface area contributed by atoms with Gasteiger partial charge in [0.25, 0.3) is 11.5 Å². The Hall–Kier alpha value is -3.55. The van der Waals surface area contributed by atoms with Crippen LogP contribution < -0.4 is 16.6 Å². The van der Waals surface area contributed by atoms with Gasteiger partial charge in [0.1, 0.15) is 5.82 Å². The molecule has 1 N–H and O–H groups in total. The number of hydrogen-bond acceptors (Lipinski definition) is 4. The van der Waals surface area contributed by atoms with Crippen molar-refractivity contribution in [1.82, 2.24) is 19.7 Å². The Morgan fingerprint density at radius 3 is 2.50 bits per heavy atom. The van der Waals surface area contributed by atoms with Gasteiger partial charge >= 0.3 is 5.69 Å². The second kappa shape index (κ2) is 8.44. The number of nitrogens with one attached hydrogen (secondary N) is 1. The molecule has 30 heavy (non-hydrogen) atoms. The molecule has 8 heteroatoms. The third-order valence-corrected chi connectivity index (χ3v) is 4.52. The van der Waals surface area contributed by atoms with Crippen molar-refractivity contribution in [1.29, 1.82) is 0 Å². The molecule has 0 atom stereocenters. The van der Waals surface area contributed by atoms with E-state index in [9.17, 15) is 18.8 Å². The molecule has 7 nitrogen and oxygen atoms in total. The highest BCUT2D eigenvalue weighted by Crippen LogP contribution is 2.11. The highest BCUT2D eigenvalue weighted by atomic mass is 19.1. The lowest BCUT2D eigenvalue weighted by molar-refractivity contribution is 0.0933. The molecule has 0 aliphatic heterocycles. The first-order valence-electron chi connectivity index (χ1n) is 9.54. The monoisotopic (exact) mass is 410 g/mol. The van der Waals surface area contributed by atoms with Gasteiger partial charge in [-0.2, -0.15) is 9.78 Å². The van der Waals surface area contributed by atoms with Gasteiger partial charge in [-0.25, -0.2) is 9.18 Å². The second-order valence-corrected chi connectivity index (χ2v) is 7.48. The highest BCUT2D eigenvalue weighted by molar-refractivity contribution is 5.91. The van der Waals surface area contributed by atoms with Gasteiger partial charge in [-0.1, -0.05) is 35.9 Å². The van der Waals surface area contributed by atoms with Gasteiger partial charge in [-0.15, -0.1) is 0 Å². The van der Waals surface area contributed by atoms with Crippen LogP contribution in [0, 0.1) is 19.7 Å². The molecule has 2 aromatic carbocycles. The van der Waals surface area contributed by atoms with Crippen LogP contribution in [-0.4, -0.2) is 26.3 Å². The van der Waals surface area contributed by atoms with Crippen molar-refractivity contribution in [2.24, 2.45) is 0 Å². The third-order valence-electron chi connectivity index (χ3n) is 4.52. The van der Waals surface area contributed by atoms with Crippen molar-refractivity contribution >= 4 is 5.91 Å². The lowest BCUT2D eigenvalue weighted by Gasteiger charge is -2.14. The molecule has 3 rings (SSSR count). The molecule has 0 aliphatic carbocycles. The van der Waals surface area contributed by atoms with Crippen molar-refractivity contribution in [2.75, 3.05) is 0 Å². The molecule has 1 amide bonds. The molecule has 1 aromatic heterocycles. The zero-order chi connectivity index (χ0) is 22.0. The van der Waals surface area contributed by atoms with E-state index in [1.54, 1.807) is 26.8 Å². The Balaban J connectivity index is 2.23. The van der Waals surface area contributed by atoms with Crippen LogP contribution in [0.1, 0.15) is 41.0 Å². The van der Waals surface area contributed by atoms with Crippen LogP contribution in [0.15, 0.2) is 52.1 Å². The van der Waals surface area contributed by atoms with Crippen LogP contribution in [0.25, 0.3) is 5.69 Å². The fourth-order valence-corrected chi connectivity index (χ4v) is 3.00.